The second-order valence-electron chi connectivity index (χ2n) is 8.42. The third kappa shape index (κ3) is 4.04. The van der Waals surface area contributed by atoms with E-state index in [1.165, 1.54) is 6.42 Å². The van der Waals surface area contributed by atoms with Crippen LogP contribution in [-0.2, 0) is 14.1 Å². The number of carbonyl (C=O) groups excluding carboxylic acids is 1. The summed E-state index contributed by atoms with van der Waals surface area (Å²) in [6, 6.07) is 11.2. The Bertz CT molecular complexity index is 1170. The number of para-hydroxylation sites is 1. The van der Waals surface area contributed by atoms with Crippen molar-refractivity contribution in [3.63, 3.8) is 0 Å². The summed E-state index contributed by atoms with van der Waals surface area (Å²) in [7, 11) is 3.53. The number of hydrogen-bond donors (Lipinski definition) is 1. The zero-order valence-corrected chi connectivity index (χ0v) is 18.6. The van der Waals surface area contributed by atoms with Crippen LogP contribution in [0.15, 0.2) is 41.2 Å². The lowest BCUT2D eigenvalue weighted by Gasteiger charge is -2.31. The summed E-state index contributed by atoms with van der Waals surface area (Å²) < 4.78 is 9.10. The van der Waals surface area contributed by atoms with Crippen molar-refractivity contribution in [3.8, 4) is 5.75 Å². The molecule has 1 saturated heterocycles. The number of imidazole rings is 1. The lowest BCUT2D eigenvalue weighted by Crippen LogP contribution is -2.30. The second kappa shape index (κ2) is 8.49. The van der Waals surface area contributed by atoms with Gasteiger partial charge in [-0.1, -0.05) is 12.1 Å². The monoisotopic (exact) mass is 422 g/mol. The highest BCUT2D eigenvalue weighted by molar-refractivity contribution is 6.09. The molecular weight excluding hydrogens is 392 g/mol. The standard InChI is InChI=1S/C24H30N4O3/c1-16(2)31-22-11-7-6-10-17(22)23(29)25-18-14-20-21(27(4)24(30)26(20)3)15-19(18)28-12-8-5-9-13-28/h6-7,10-11,14-16H,5,8-9,12-13H2,1-4H3,(H,25,29). The van der Waals surface area contributed by atoms with Crippen LogP contribution >= 0.6 is 0 Å². The van der Waals surface area contributed by atoms with Gasteiger partial charge >= 0.3 is 5.69 Å². The molecule has 1 aromatic heterocycles. The van der Waals surface area contributed by atoms with Gasteiger partial charge in [0.1, 0.15) is 5.75 Å². The number of carbonyl (C=O) groups is 1. The first kappa shape index (κ1) is 21.0. The molecule has 1 aliphatic heterocycles. The van der Waals surface area contributed by atoms with Gasteiger partial charge in [-0.25, -0.2) is 4.79 Å². The molecule has 0 bridgehead atoms. The first-order valence-electron chi connectivity index (χ1n) is 10.9. The van der Waals surface area contributed by atoms with Crippen molar-refractivity contribution in [2.45, 2.75) is 39.2 Å². The number of amides is 1. The maximum absolute atomic E-state index is 13.3. The molecule has 0 aliphatic carbocycles. The predicted molar refractivity (Wildman–Crippen MR) is 124 cm³/mol. The summed E-state index contributed by atoms with van der Waals surface area (Å²) in [5.41, 5.74) is 3.70. The molecule has 164 valence electrons. The fourth-order valence-electron chi connectivity index (χ4n) is 4.23. The number of nitrogens with zero attached hydrogens (tertiary/aromatic N) is 3. The van der Waals surface area contributed by atoms with Crippen molar-refractivity contribution in [2.75, 3.05) is 23.3 Å². The molecule has 0 radical (unpaired) electrons. The number of piperidine rings is 1. The van der Waals surface area contributed by atoms with Crippen molar-refractivity contribution in [3.05, 3.63) is 52.4 Å². The van der Waals surface area contributed by atoms with Gasteiger partial charge < -0.3 is 15.0 Å². The molecule has 2 heterocycles. The van der Waals surface area contributed by atoms with Crippen LogP contribution in [0, 0.1) is 0 Å². The van der Waals surface area contributed by atoms with Crippen molar-refractivity contribution >= 4 is 28.3 Å². The minimum absolute atomic E-state index is 0.0342. The van der Waals surface area contributed by atoms with Crippen LogP contribution in [0.3, 0.4) is 0 Å². The van der Waals surface area contributed by atoms with E-state index < -0.39 is 0 Å². The molecule has 1 fully saturated rings. The largest absolute Gasteiger partial charge is 0.490 e. The van der Waals surface area contributed by atoms with Crippen LogP contribution in [0.5, 0.6) is 5.75 Å². The van der Waals surface area contributed by atoms with E-state index in [1.807, 2.05) is 44.2 Å². The molecule has 0 unspecified atom stereocenters. The Morgan fingerprint density at radius 1 is 1.00 bits per heavy atom. The zero-order valence-electron chi connectivity index (χ0n) is 18.6. The molecule has 7 nitrogen and oxygen atoms in total. The molecule has 0 atom stereocenters. The number of nitrogens with one attached hydrogen (secondary N) is 1. The highest BCUT2D eigenvalue weighted by Gasteiger charge is 2.21. The van der Waals surface area contributed by atoms with Crippen molar-refractivity contribution in [1.82, 2.24) is 9.13 Å². The van der Waals surface area contributed by atoms with E-state index in [4.69, 9.17) is 4.74 Å². The maximum Gasteiger partial charge on any atom is 0.328 e. The van der Waals surface area contributed by atoms with E-state index in [1.54, 1.807) is 29.3 Å². The minimum atomic E-state index is -0.227. The first-order chi connectivity index (χ1) is 14.9. The minimum Gasteiger partial charge on any atom is -0.490 e. The van der Waals surface area contributed by atoms with Crippen molar-refractivity contribution in [1.29, 1.82) is 0 Å². The van der Waals surface area contributed by atoms with Gasteiger partial charge in [0.25, 0.3) is 5.91 Å². The SMILES string of the molecule is CC(C)Oc1ccccc1C(=O)Nc1cc2c(cc1N1CCCCC1)n(C)c(=O)n2C. The van der Waals surface area contributed by atoms with Gasteiger partial charge in [0, 0.05) is 27.2 Å². The van der Waals surface area contributed by atoms with E-state index in [2.05, 4.69) is 10.2 Å². The molecule has 0 saturated carbocycles. The average Bonchev–Trinajstić information content (AvgIpc) is 2.97. The Balaban J connectivity index is 1.78. The average molecular weight is 423 g/mol. The molecule has 2 aromatic carbocycles. The Labute approximate surface area is 182 Å². The molecule has 31 heavy (non-hydrogen) atoms. The van der Waals surface area contributed by atoms with Gasteiger partial charge in [-0.05, 0) is 57.4 Å². The molecule has 7 heteroatoms. The number of hydrogen-bond acceptors (Lipinski definition) is 4. The Morgan fingerprint density at radius 3 is 2.32 bits per heavy atom. The number of rotatable bonds is 5. The third-order valence-electron chi connectivity index (χ3n) is 5.83. The van der Waals surface area contributed by atoms with Crippen LogP contribution in [0.4, 0.5) is 11.4 Å². The van der Waals surface area contributed by atoms with Gasteiger partial charge in [0.2, 0.25) is 0 Å². The molecule has 0 spiro atoms. The van der Waals surface area contributed by atoms with Gasteiger partial charge in [0.05, 0.1) is 34.1 Å². The fraction of sp³-hybridized carbons (Fsp3) is 0.417. The lowest BCUT2D eigenvalue weighted by molar-refractivity contribution is 0.102. The van der Waals surface area contributed by atoms with Gasteiger partial charge in [-0.3, -0.25) is 13.9 Å². The quantitative estimate of drug-likeness (QED) is 0.677. The van der Waals surface area contributed by atoms with E-state index in [-0.39, 0.29) is 17.7 Å². The summed E-state index contributed by atoms with van der Waals surface area (Å²) in [4.78, 5) is 28.0. The highest BCUT2D eigenvalue weighted by atomic mass is 16.5. The fourth-order valence-corrected chi connectivity index (χ4v) is 4.23. The topological polar surface area (TPSA) is 68.5 Å². The molecule has 1 N–H and O–H groups in total. The summed E-state index contributed by atoms with van der Waals surface area (Å²) in [5.74, 6) is 0.331. The van der Waals surface area contributed by atoms with Crippen LogP contribution in [0.2, 0.25) is 0 Å². The molecule has 1 aliphatic rings. The van der Waals surface area contributed by atoms with E-state index in [9.17, 15) is 9.59 Å². The Hall–Kier alpha value is -3.22. The molecule has 3 aromatic rings. The maximum atomic E-state index is 13.3. The van der Waals surface area contributed by atoms with E-state index >= 15 is 0 Å². The predicted octanol–water partition coefficient (Wildman–Crippen LogP) is 3.91. The smallest absolute Gasteiger partial charge is 0.328 e. The summed E-state index contributed by atoms with van der Waals surface area (Å²) in [5, 5.41) is 3.10. The van der Waals surface area contributed by atoms with Gasteiger partial charge in [0.15, 0.2) is 0 Å². The lowest BCUT2D eigenvalue weighted by atomic mass is 10.1. The number of aromatic nitrogens is 2. The number of ether oxygens (including phenoxy) is 1. The van der Waals surface area contributed by atoms with Crippen molar-refractivity contribution in [2.24, 2.45) is 14.1 Å². The van der Waals surface area contributed by atoms with Gasteiger partial charge in [-0.2, -0.15) is 0 Å². The summed E-state index contributed by atoms with van der Waals surface area (Å²) >= 11 is 0. The van der Waals surface area contributed by atoms with Gasteiger partial charge in [-0.15, -0.1) is 0 Å². The Morgan fingerprint density at radius 2 is 1.65 bits per heavy atom. The molecular formula is C24H30N4O3. The van der Waals surface area contributed by atoms with Crippen molar-refractivity contribution < 1.29 is 9.53 Å². The number of anilines is 2. The number of aryl methyl sites for hydroxylation is 2. The molecule has 4 rings (SSSR count). The zero-order chi connectivity index (χ0) is 22.1. The number of benzene rings is 2. The third-order valence-corrected chi connectivity index (χ3v) is 5.83. The van der Waals surface area contributed by atoms with E-state index in [0.717, 1.165) is 42.7 Å². The second-order valence-corrected chi connectivity index (χ2v) is 8.42. The summed E-state index contributed by atoms with van der Waals surface area (Å²) in [6.07, 6.45) is 3.41. The van der Waals surface area contributed by atoms with Crippen LogP contribution in [-0.4, -0.2) is 34.2 Å². The molecule has 1 amide bonds. The summed E-state index contributed by atoms with van der Waals surface area (Å²) in [6.45, 7) is 5.74. The van der Waals surface area contributed by atoms with E-state index in [0.29, 0.717) is 17.0 Å². The van der Waals surface area contributed by atoms with Crippen LogP contribution in [0.25, 0.3) is 11.0 Å². The normalized spacial score (nSPS) is 14.3. The first-order valence-corrected chi connectivity index (χ1v) is 10.9. The highest BCUT2D eigenvalue weighted by Crippen LogP contribution is 2.33. The van der Waals surface area contributed by atoms with Crippen LogP contribution < -0.4 is 20.6 Å². The Kier molecular flexibility index (Phi) is 5.76. The number of fused-ring (bicyclic) bond motifs is 1. The van der Waals surface area contributed by atoms with Crippen LogP contribution in [0.1, 0.15) is 43.5 Å².